The van der Waals surface area contributed by atoms with Gasteiger partial charge in [0.05, 0.1) is 5.88 Å². The number of hydrogen-bond donors (Lipinski definition) is 1. The number of carboxylic acid groups (broad SMARTS) is 1. The first kappa shape index (κ1) is 14.2. The molecule has 1 saturated heterocycles. The molecule has 1 heterocycles. The Morgan fingerprint density at radius 3 is 2.71 bits per heavy atom. The van der Waals surface area contributed by atoms with Crippen LogP contribution in [0.1, 0.15) is 20.3 Å². The van der Waals surface area contributed by atoms with Crippen LogP contribution in [-0.2, 0) is 4.79 Å². The molecule has 1 unspecified atom stereocenters. The highest BCUT2D eigenvalue weighted by atomic mass is 32.2. The summed E-state index contributed by atoms with van der Waals surface area (Å²) in [5.41, 5.74) is 0. The summed E-state index contributed by atoms with van der Waals surface area (Å²) in [5, 5.41) is 9.01. The molecule has 1 N–H and O–H groups in total. The molecule has 1 atom stereocenters. The number of carboxylic acids is 1. The van der Waals surface area contributed by atoms with Gasteiger partial charge in [-0.25, -0.2) is 9.59 Å². The smallest absolute Gasteiger partial charge is 0.327 e. The Hall–Kier alpha value is -0.910. The van der Waals surface area contributed by atoms with Crippen molar-refractivity contribution in [1.29, 1.82) is 0 Å². The van der Waals surface area contributed by atoms with E-state index in [0.717, 1.165) is 6.42 Å². The summed E-state index contributed by atoms with van der Waals surface area (Å²) in [4.78, 5) is 26.1. The summed E-state index contributed by atoms with van der Waals surface area (Å²) in [6.45, 7) is 4.87. The zero-order chi connectivity index (χ0) is 13.0. The minimum atomic E-state index is -0.916. The van der Waals surface area contributed by atoms with Crippen LogP contribution >= 0.6 is 11.8 Å². The fraction of sp³-hybridized carbons (Fsp3) is 0.818. The van der Waals surface area contributed by atoms with Crippen LogP contribution in [-0.4, -0.2) is 58.2 Å². The maximum atomic E-state index is 12.0. The van der Waals surface area contributed by atoms with Crippen molar-refractivity contribution >= 4 is 23.8 Å². The topological polar surface area (TPSA) is 60.9 Å². The van der Waals surface area contributed by atoms with Gasteiger partial charge in [-0.1, -0.05) is 13.8 Å². The van der Waals surface area contributed by atoms with E-state index in [0.29, 0.717) is 24.1 Å². The predicted octanol–water partition coefficient (Wildman–Crippen LogP) is 1.54. The Morgan fingerprint density at radius 2 is 2.18 bits per heavy atom. The van der Waals surface area contributed by atoms with Crippen LogP contribution in [0, 0.1) is 5.92 Å². The van der Waals surface area contributed by atoms with Crippen molar-refractivity contribution in [1.82, 2.24) is 9.80 Å². The molecule has 0 aromatic rings. The molecular formula is C11H20N2O3S. The van der Waals surface area contributed by atoms with E-state index in [1.54, 1.807) is 11.9 Å². The van der Waals surface area contributed by atoms with E-state index in [1.807, 2.05) is 0 Å². The molecule has 98 valence electrons. The number of carbonyl (C=O) groups excluding carboxylic acids is 1. The fourth-order valence-corrected chi connectivity index (χ4v) is 2.74. The first-order valence-corrected chi connectivity index (χ1v) is 6.91. The van der Waals surface area contributed by atoms with Crippen molar-refractivity contribution in [3.8, 4) is 0 Å². The van der Waals surface area contributed by atoms with Crippen molar-refractivity contribution in [2.45, 2.75) is 26.3 Å². The summed E-state index contributed by atoms with van der Waals surface area (Å²) in [6, 6.07) is -0.850. The van der Waals surface area contributed by atoms with Crippen molar-refractivity contribution < 1.29 is 14.7 Å². The van der Waals surface area contributed by atoms with E-state index in [1.165, 1.54) is 16.7 Å². The van der Waals surface area contributed by atoms with Crippen LogP contribution < -0.4 is 0 Å². The second-order valence-corrected chi connectivity index (χ2v) is 5.71. The van der Waals surface area contributed by atoms with Gasteiger partial charge in [0.2, 0.25) is 0 Å². The average molecular weight is 260 g/mol. The van der Waals surface area contributed by atoms with E-state index < -0.39 is 12.0 Å². The standard InChI is InChI=1S/C11H20N2O3S/c1-8(2)4-5-12(3)11(16)13-7-17-6-9(13)10(14)15/h8-9H,4-7H2,1-3H3,(H,14,15). The van der Waals surface area contributed by atoms with Gasteiger partial charge < -0.3 is 14.9 Å². The molecule has 0 aromatic heterocycles. The monoisotopic (exact) mass is 260 g/mol. The first-order chi connectivity index (χ1) is 7.93. The van der Waals surface area contributed by atoms with Gasteiger partial charge in [-0.15, -0.1) is 11.8 Å². The van der Waals surface area contributed by atoms with Gasteiger partial charge in [-0.2, -0.15) is 0 Å². The molecule has 0 aromatic carbocycles. The molecular weight excluding hydrogens is 240 g/mol. The predicted molar refractivity (Wildman–Crippen MR) is 68.1 cm³/mol. The molecule has 0 spiro atoms. The van der Waals surface area contributed by atoms with Crippen molar-refractivity contribution in [3.05, 3.63) is 0 Å². The second-order valence-electron chi connectivity index (χ2n) is 4.71. The number of carbonyl (C=O) groups is 2. The molecule has 5 nitrogen and oxygen atoms in total. The van der Waals surface area contributed by atoms with E-state index in [-0.39, 0.29) is 6.03 Å². The normalized spacial score (nSPS) is 19.8. The van der Waals surface area contributed by atoms with Crippen molar-refractivity contribution in [3.63, 3.8) is 0 Å². The maximum Gasteiger partial charge on any atom is 0.327 e. The van der Waals surface area contributed by atoms with Gasteiger partial charge in [0, 0.05) is 19.3 Å². The van der Waals surface area contributed by atoms with E-state index in [2.05, 4.69) is 13.8 Å². The largest absolute Gasteiger partial charge is 0.480 e. The maximum absolute atomic E-state index is 12.0. The number of aliphatic carboxylic acids is 1. The summed E-state index contributed by atoms with van der Waals surface area (Å²) in [6.07, 6.45) is 0.932. The third-order valence-electron chi connectivity index (χ3n) is 2.78. The molecule has 0 saturated carbocycles. The Labute approximate surface area is 106 Å². The average Bonchev–Trinajstić information content (AvgIpc) is 2.73. The second kappa shape index (κ2) is 6.14. The molecule has 0 radical (unpaired) electrons. The number of rotatable bonds is 4. The molecule has 1 aliphatic rings. The lowest BCUT2D eigenvalue weighted by molar-refractivity contribution is -0.140. The Balaban J connectivity index is 2.53. The minimum Gasteiger partial charge on any atom is -0.480 e. The van der Waals surface area contributed by atoms with Crippen LogP contribution in [0.3, 0.4) is 0 Å². The van der Waals surface area contributed by atoms with Gasteiger partial charge in [0.15, 0.2) is 0 Å². The molecule has 1 fully saturated rings. The summed E-state index contributed by atoms with van der Waals surface area (Å²) in [5.74, 6) is 0.579. The number of amides is 2. The highest BCUT2D eigenvalue weighted by Gasteiger charge is 2.35. The highest BCUT2D eigenvalue weighted by molar-refractivity contribution is 7.99. The quantitative estimate of drug-likeness (QED) is 0.833. The summed E-state index contributed by atoms with van der Waals surface area (Å²) < 4.78 is 0. The molecule has 2 amide bonds. The first-order valence-electron chi connectivity index (χ1n) is 5.75. The SMILES string of the molecule is CC(C)CCN(C)C(=O)N1CSCC1C(=O)O. The number of thioether (sulfide) groups is 1. The molecule has 0 bridgehead atoms. The lowest BCUT2D eigenvalue weighted by Gasteiger charge is -2.27. The van der Waals surface area contributed by atoms with Gasteiger partial charge in [0.25, 0.3) is 0 Å². The van der Waals surface area contributed by atoms with Crippen LogP contribution in [0.4, 0.5) is 4.79 Å². The summed E-state index contributed by atoms with van der Waals surface area (Å²) in [7, 11) is 1.73. The van der Waals surface area contributed by atoms with Gasteiger partial charge in [0.1, 0.15) is 6.04 Å². The lowest BCUT2D eigenvalue weighted by atomic mass is 10.1. The third kappa shape index (κ3) is 3.80. The zero-order valence-electron chi connectivity index (χ0n) is 10.5. The fourth-order valence-electron chi connectivity index (χ4n) is 1.60. The van der Waals surface area contributed by atoms with E-state index >= 15 is 0 Å². The van der Waals surface area contributed by atoms with Crippen LogP contribution in [0.25, 0.3) is 0 Å². The van der Waals surface area contributed by atoms with Crippen LogP contribution in [0.2, 0.25) is 0 Å². The van der Waals surface area contributed by atoms with Gasteiger partial charge in [-0.05, 0) is 12.3 Å². The van der Waals surface area contributed by atoms with E-state index in [4.69, 9.17) is 5.11 Å². The van der Waals surface area contributed by atoms with Gasteiger partial charge >= 0.3 is 12.0 Å². The van der Waals surface area contributed by atoms with Crippen LogP contribution in [0.15, 0.2) is 0 Å². The third-order valence-corrected chi connectivity index (χ3v) is 3.79. The minimum absolute atomic E-state index is 0.178. The van der Waals surface area contributed by atoms with E-state index in [9.17, 15) is 9.59 Å². The molecule has 1 rings (SSSR count). The molecule has 17 heavy (non-hydrogen) atoms. The molecule has 0 aliphatic carbocycles. The Bertz CT molecular complexity index is 296. The van der Waals surface area contributed by atoms with Crippen molar-refractivity contribution in [2.75, 3.05) is 25.2 Å². The summed E-state index contributed by atoms with van der Waals surface area (Å²) >= 11 is 1.49. The van der Waals surface area contributed by atoms with Crippen LogP contribution in [0.5, 0.6) is 0 Å². The van der Waals surface area contributed by atoms with Crippen molar-refractivity contribution in [2.24, 2.45) is 5.92 Å². The number of urea groups is 1. The Kier molecular flexibility index (Phi) is 5.11. The van der Waals surface area contributed by atoms with Gasteiger partial charge in [-0.3, -0.25) is 0 Å². The number of nitrogens with zero attached hydrogens (tertiary/aromatic N) is 2. The lowest BCUT2D eigenvalue weighted by Crippen LogP contribution is -2.47. The molecule has 6 heteroatoms. The highest BCUT2D eigenvalue weighted by Crippen LogP contribution is 2.22. The Morgan fingerprint density at radius 1 is 1.53 bits per heavy atom. The number of hydrogen-bond acceptors (Lipinski definition) is 3. The molecule has 1 aliphatic heterocycles. The zero-order valence-corrected chi connectivity index (χ0v) is 11.4.